The van der Waals surface area contributed by atoms with Gasteiger partial charge in [-0.1, -0.05) is 70.4 Å². The normalized spacial score (nSPS) is 10.7. The van der Waals surface area contributed by atoms with Gasteiger partial charge in [0.2, 0.25) is 0 Å². The zero-order chi connectivity index (χ0) is 15.3. The standard InChI is InChI=1S/C18H28O2S/c1-2-3-4-5-6-7-8-9-12-15-21-17-14-11-10-13-16(17)18(19)20/h10-11,13-14H,2-9,12,15H2,1H3,(H,19,20). The Morgan fingerprint density at radius 2 is 1.52 bits per heavy atom. The van der Waals surface area contributed by atoms with Gasteiger partial charge in [-0.15, -0.1) is 11.8 Å². The maximum Gasteiger partial charge on any atom is 0.336 e. The number of aromatic carboxylic acids is 1. The summed E-state index contributed by atoms with van der Waals surface area (Å²) >= 11 is 1.67. The summed E-state index contributed by atoms with van der Waals surface area (Å²) in [4.78, 5) is 12.0. The van der Waals surface area contributed by atoms with Crippen molar-refractivity contribution in [2.24, 2.45) is 0 Å². The first-order valence-corrected chi connectivity index (χ1v) is 9.19. The summed E-state index contributed by atoms with van der Waals surface area (Å²) in [5, 5.41) is 9.11. The zero-order valence-electron chi connectivity index (χ0n) is 13.1. The van der Waals surface area contributed by atoms with Crippen LogP contribution in [0.3, 0.4) is 0 Å². The predicted molar refractivity (Wildman–Crippen MR) is 91.4 cm³/mol. The molecule has 0 spiro atoms. The molecule has 1 aromatic rings. The van der Waals surface area contributed by atoms with Crippen LogP contribution in [0.2, 0.25) is 0 Å². The molecule has 0 heterocycles. The van der Waals surface area contributed by atoms with Crippen LogP contribution in [0.4, 0.5) is 0 Å². The monoisotopic (exact) mass is 308 g/mol. The number of carbonyl (C=O) groups is 1. The zero-order valence-corrected chi connectivity index (χ0v) is 14.0. The highest BCUT2D eigenvalue weighted by Gasteiger charge is 2.08. The number of unbranched alkanes of at least 4 members (excludes halogenated alkanes) is 8. The summed E-state index contributed by atoms with van der Waals surface area (Å²) in [5.74, 6) is 0.185. The minimum atomic E-state index is -0.829. The van der Waals surface area contributed by atoms with Gasteiger partial charge in [0.25, 0.3) is 0 Å². The molecule has 2 nitrogen and oxygen atoms in total. The van der Waals surface area contributed by atoms with Crippen LogP contribution in [0, 0.1) is 0 Å². The van der Waals surface area contributed by atoms with Gasteiger partial charge in [-0.2, -0.15) is 0 Å². The fraction of sp³-hybridized carbons (Fsp3) is 0.611. The van der Waals surface area contributed by atoms with Crippen molar-refractivity contribution >= 4 is 17.7 Å². The number of rotatable bonds is 12. The second-order valence-electron chi connectivity index (χ2n) is 5.48. The SMILES string of the molecule is CCCCCCCCCCCSc1ccccc1C(=O)O. The van der Waals surface area contributed by atoms with Crippen molar-refractivity contribution in [3.05, 3.63) is 29.8 Å². The highest BCUT2D eigenvalue weighted by atomic mass is 32.2. The molecule has 0 aromatic heterocycles. The molecule has 0 fully saturated rings. The molecule has 0 unspecified atom stereocenters. The van der Waals surface area contributed by atoms with Crippen molar-refractivity contribution in [3.63, 3.8) is 0 Å². The first-order chi connectivity index (χ1) is 10.3. The molecule has 0 saturated heterocycles. The number of hydrogen-bond acceptors (Lipinski definition) is 2. The van der Waals surface area contributed by atoms with E-state index in [1.54, 1.807) is 23.9 Å². The molecule has 0 aliphatic rings. The highest BCUT2D eigenvalue weighted by Crippen LogP contribution is 2.24. The molecular formula is C18H28O2S. The Bertz CT molecular complexity index is 404. The maximum absolute atomic E-state index is 11.1. The van der Waals surface area contributed by atoms with E-state index >= 15 is 0 Å². The molecule has 0 aliphatic heterocycles. The molecular weight excluding hydrogens is 280 g/mol. The minimum absolute atomic E-state index is 0.429. The van der Waals surface area contributed by atoms with Gasteiger partial charge in [-0.3, -0.25) is 0 Å². The van der Waals surface area contributed by atoms with Gasteiger partial charge in [0, 0.05) is 4.90 Å². The third-order valence-electron chi connectivity index (χ3n) is 3.62. The molecule has 1 N–H and O–H groups in total. The van der Waals surface area contributed by atoms with Crippen molar-refractivity contribution in [3.8, 4) is 0 Å². The molecule has 0 radical (unpaired) electrons. The predicted octanol–water partition coefficient (Wildman–Crippen LogP) is 6.01. The fourth-order valence-electron chi connectivity index (χ4n) is 2.36. The lowest BCUT2D eigenvalue weighted by atomic mass is 10.1. The van der Waals surface area contributed by atoms with Crippen LogP contribution in [0.25, 0.3) is 0 Å². The summed E-state index contributed by atoms with van der Waals surface area (Å²) in [6, 6.07) is 7.28. The first kappa shape index (κ1) is 18.1. The molecule has 0 saturated carbocycles. The van der Waals surface area contributed by atoms with Crippen LogP contribution in [0.5, 0.6) is 0 Å². The average Bonchev–Trinajstić information content (AvgIpc) is 2.49. The van der Waals surface area contributed by atoms with Gasteiger partial charge in [0.15, 0.2) is 0 Å². The smallest absolute Gasteiger partial charge is 0.336 e. The van der Waals surface area contributed by atoms with E-state index in [1.807, 2.05) is 12.1 Å². The van der Waals surface area contributed by atoms with Crippen LogP contribution in [0.1, 0.15) is 75.1 Å². The van der Waals surface area contributed by atoms with Crippen molar-refractivity contribution in [1.82, 2.24) is 0 Å². The van der Waals surface area contributed by atoms with E-state index in [4.69, 9.17) is 5.11 Å². The molecule has 118 valence electrons. The summed E-state index contributed by atoms with van der Waals surface area (Å²) < 4.78 is 0. The van der Waals surface area contributed by atoms with Gasteiger partial charge >= 0.3 is 5.97 Å². The van der Waals surface area contributed by atoms with Crippen molar-refractivity contribution in [1.29, 1.82) is 0 Å². The van der Waals surface area contributed by atoms with E-state index in [9.17, 15) is 4.79 Å². The Hall–Kier alpha value is -0.960. The van der Waals surface area contributed by atoms with E-state index in [2.05, 4.69) is 6.92 Å². The van der Waals surface area contributed by atoms with Gasteiger partial charge in [-0.05, 0) is 24.3 Å². The van der Waals surface area contributed by atoms with Gasteiger partial charge in [0.05, 0.1) is 5.56 Å². The molecule has 3 heteroatoms. The Balaban J connectivity index is 2.06. The van der Waals surface area contributed by atoms with E-state index in [1.165, 1.54) is 57.8 Å². The molecule has 0 amide bonds. The quantitative estimate of drug-likeness (QED) is 0.379. The topological polar surface area (TPSA) is 37.3 Å². The van der Waals surface area contributed by atoms with E-state index < -0.39 is 5.97 Å². The first-order valence-electron chi connectivity index (χ1n) is 8.20. The average molecular weight is 308 g/mol. The lowest BCUT2D eigenvalue weighted by Crippen LogP contribution is -1.98. The molecule has 21 heavy (non-hydrogen) atoms. The summed E-state index contributed by atoms with van der Waals surface area (Å²) in [5.41, 5.74) is 0.429. The molecule has 1 aromatic carbocycles. The maximum atomic E-state index is 11.1. The van der Waals surface area contributed by atoms with Gasteiger partial charge < -0.3 is 5.11 Å². The number of thioether (sulfide) groups is 1. The van der Waals surface area contributed by atoms with E-state index in [0.29, 0.717) is 5.56 Å². The van der Waals surface area contributed by atoms with Gasteiger partial charge in [0.1, 0.15) is 0 Å². The molecule has 0 atom stereocenters. The molecule has 0 bridgehead atoms. The molecule has 0 aliphatic carbocycles. The third kappa shape index (κ3) is 8.15. The largest absolute Gasteiger partial charge is 0.478 e. The Labute approximate surface area is 133 Å². The van der Waals surface area contributed by atoms with E-state index in [-0.39, 0.29) is 0 Å². The summed E-state index contributed by atoms with van der Waals surface area (Å²) in [6.45, 7) is 2.25. The van der Waals surface area contributed by atoms with Crippen LogP contribution >= 0.6 is 11.8 Å². The second-order valence-corrected chi connectivity index (χ2v) is 6.61. The number of benzene rings is 1. The Kier molecular flexibility index (Phi) is 10.1. The number of carboxylic acids is 1. The Morgan fingerprint density at radius 3 is 2.14 bits per heavy atom. The highest BCUT2D eigenvalue weighted by molar-refractivity contribution is 7.99. The number of hydrogen-bond donors (Lipinski definition) is 1. The van der Waals surface area contributed by atoms with Crippen LogP contribution < -0.4 is 0 Å². The van der Waals surface area contributed by atoms with Crippen molar-refractivity contribution in [2.45, 2.75) is 69.6 Å². The second kappa shape index (κ2) is 11.7. The third-order valence-corrected chi connectivity index (χ3v) is 4.78. The van der Waals surface area contributed by atoms with Crippen LogP contribution in [-0.2, 0) is 0 Å². The lowest BCUT2D eigenvalue weighted by Gasteiger charge is -2.05. The minimum Gasteiger partial charge on any atom is -0.478 e. The summed E-state index contributed by atoms with van der Waals surface area (Å²) in [6.07, 6.45) is 11.9. The lowest BCUT2D eigenvalue weighted by molar-refractivity contribution is 0.0693. The van der Waals surface area contributed by atoms with Crippen molar-refractivity contribution in [2.75, 3.05) is 5.75 Å². The van der Waals surface area contributed by atoms with Crippen molar-refractivity contribution < 1.29 is 9.90 Å². The van der Waals surface area contributed by atoms with Crippen LogP contribution in [0.15, 0.2) is 29.2 Å². The number of carboxylic acid groups (broad SMARTS) is 1. The summed E-state index contributed by atoms with van der Waals surface area (Å²) in [7, 11) is 0. The van der Waals surface area contributed by atoms with Gasteiger partial charge in [-0.25, -0.2) is 4.79 Å². The fourth-order valence-corrected chi connectivity index (χ4v) is 3.42. The van der Waals surface area contributed by atoms with Crippen LogP contribution in [-0.4, -0.2) is 16.8 Å². The Morgan fingerprint density at radius 1 is 0.952 bits per heavy atom. The van der Waals surface area contributed by atoms with E-state index in [0.717, 1.165) is 10.6 Å². The molecule has 1 rings (SSSR count).